The van der Waals surface area contributed by atoms with Crippen molar-refractivity contribution in [2.45, 2.75) is 13.6 Å². The third kappa shape index (κ3) is 1.11. The molecule has 0 spiro atoms. The monoisotopic (exact) mass is 222 g/mol. The number of nitrogens with zero attached hydrogens (tertiary/aromatic N) is 3. The van der Waals surface area contributed by atoms with Crippen LogP contribution in [0.5, 0.6) is 0 Å². The van der Waals surface area contributed by atoms with Crippen molar-refractivity contribution in [3.63, 3.8) is 0 Å². The molecule has 1 aromatic carbocycles. The van der Waals surface area contributed by atoms with Gasteiger partial charge in [-0.2, -0.15) is 14.3 Å². The zero-order valence-electron chi connectivity index (χ0n) is 9.59. The Morgan fingerprint density at radius 1 is 1.24 bits per heavy atom. The van der Waals surface area contributed by atoms with E-state index in [1.807, 2.05) is 6.92 Å². The first-order valence-electron chi connectivity index (χ1n) is 5.79. The van der Waals surface area contributed by atoms with Gasteiger partial charge in [0.2, 0.25) is 12.4 Å². The van der Waals surface area contributed by atoms with Crippen molar-refractivity contribution in [2.24, 2.45) is 0 Å². The molecule has 3 nitrogen and oxygen atoms in total. The lowest BCUT2D eigenvalue weighted by Crippen LogP contribution is -2.34. The minimum Gasteiger partial charge on any atom is -0.198 e. The van der Waals surface area contributed by atoms with E-state index in [2.05, 4.69) is 56.9 Å². The molecule has 1 aliphatic rings. The first-order chi connectivity index (χ1) is 8.33. The molecule has 0 N–H and O–H groups in total. The lowest BCUT2D eigenvalue weighted by Gasteiger charge is -1.98. The lowest BCUT2D eigenvalue weighted by molar-refractivity contribution is -0.682. The van der Waals surface area contributed by atoms with Crippen LogP contribution in [0, 0.1) is 6.92 Å². The standard InChI is InChI=1S/C14H12N3/c1-10-8-13-14-12-5-3-2-4-11(12)6-7-16(14)9-17(13)15-10/h2-8H,9H2,1H3/q+1. The third-order valence-electron chi connectivity index (χ3n) is 3.37. The average molecular weight is 222 g/mol. The SMILES string of the molecule is Cc1cc2n(n1)C[n+]1ccc3ccccc3c1-2. The quantitative estimate of drug-likeness (QED) is 0.418. The van der Waals surface area contributed by atoms with E-state index in [0.717, 1.165) is 12.4 Å². The van der Waals surface area contributed by atoms with Crippen LogP contribution in [0.2, 0.25) is 0 Å². The van der Waals surface area contributed by atoms with Crippen LogP contribution in [0.1, 0.15) is 5.69 Å². The van der Waals surface area contributed by atoms with Gasteiger partial charge in [0.25, 0.3) is 0 Å². The van der Waals surface area contributed by atoms with Crippen molar-refractivity contribution >= 4 is 10.8 Å². The molecule has 3 heteroatoms. The Labute approximate surface area is 98.9 Å². The molecule has 0 saturated heterocycles. The second-order valence-electron chi connectivity index (χ2n) is 4.53. The summed E-state index contributed by atoms with van der Waals surface area (Å²) >= 11 is 0. The summed E-state index contributed by atoms with van der Waals surface area (Å²) in [4.78, 5) is 0. The summed E-state index contributed by atoms with van der Waals surface area (Å²) in [7, 11) is 0. The molecular formula is C14H12N3+. The minimum atomic E-state index is 0.823. The predicted octanol–water partition coefficient (Wildman–Crippen LogP) is 2.12. The number of benzene rings is 1. The molecule has 0 unspecified atom stereocenters. The summed E-state index contributed by atoms with van der Waals surface area (Å²) in [6.07, 6.45) is 2.14. The van der Waals surface area contributed by atoms with Gasteiger partial charge in [-0.3, -0.25) is 0 Å². The lowest BCUT2D eigenvalue weighted by atomic mass is 10.1. The molecule has 82 valence electrons. The second kappa shape index (κ2) is 2.94. The van der Waals surface area contributed by atoms with Crippen molar-refractivity contribution < 1.29 is 4.57 Å². The fourth-order valence-corrected chi connectivity index (χ4v) is 2.65. The van der Waals surface area contributed by atoms with Crippen LogP contribution in [0.3, 0.4) is 0 Å². The third-order valence-corrected chi connectivity index (χ3v) is 3.37. The van der Waals surface area contributed by atoms with E-state index in [1.165, 1.54) is 22.2 Å². The summed E-state index contributed by atoms with van der Waals surface area (Å²) < 4.78 is 4.32. The number of pyridine rings is 1. The molecule has 1 aliphatic heterocycles. The van der Waals surface area contributed by atoms with E-state index >= 15 is 0 Å². The minimum absolute atomic E-state index is 0.823. The van der Waals surface area contributed by atoms with Crippen LogP contribution in [0.15, 0.2) is 42.6 Å². The van der Waals surface area contributed by atoms with Crippen molar-refractivity contribution in [1.82, 2.24) is 9.78 Å². The van der Waals surface area contributed by atoms with Gasteiger partial charge in [-0.1, -0.05) is 18.2 Å². The summed E-state index contributed by atoms with van der Waals surface area (Å²) in [6, 6.07) is 12.8. The molecule has 0 amide bonds. The van der Waals surface area contributed by atoms with E-state index in [9.17, 15) is 0 Å². The van der Waals surface area contributed by atoms with Gasteiger partial charge in [-0.25, -0.2) is 0 Å². The molecule has 17 heavy (non-hydrogen) atoms. The Morgan fingerprint density at radius 3 is 3.06 bits per heavy atom. The maximum absolute atomic E-state index is 4.51. The molecular weight excluding hydrogens is 210 g/mol. The molecule has 0 atom stereocenters. The predicted molar refractivity (Wildman–Crippen MR) is 65.5 cm³/mol. The highest BCUT2D eigenvalue weighted by atomic mass is 15.4. The Morgan fingerprint density at radius 2 is 2.12 bits per heavy atom. The van der Waals surface area contributed by atoms with Crippen LogP contribution in [-0.4, -0.2) is 9.78 Å². The Balaban J connectivity index is 2.15. The molecule has 3 heterocycles. The highest BCUT2D eigenvalue weighted by molar-refractivity contribution is 5.92. The van der Waals surface area contributed by atoms with Gasteiger partial charge in [-0.15, -0.1) is 0 Å². The summed E-state index contributed by atoms with van der Waals surface area (Å²) in [6.45, 7) is 2.87. The van der Waals surface area contributed by atoms with Gasteiger partial charge < -0.3 is 0 Å². The molecule has 2 aromatic heterocycles. The second-order valence-corrected chi connectivity index (χ2v) is 4.53. The van der Waals surface area contributed by atoms with Crippen LogP contribution in [-0.2, 0) is 6.67 Å². The zero-order chi connectivity index (χ0) is 11.4. The van der Waals surface area contributed by atoms with E-state index in [4.69, 9.17) is 0 Å². The van der Waals surface area contributed by atoms with Crippen LogP contribution >= 0.6 is 0 Å². The van der Waals surface area contributed by atoms with Gasteiger partial charge in [0.05, 0.1) is 11.1 Å². The summed E-state index contributed by atoms with van der Waals surface area (Å²) in [5.74, 6) is 0. The Bertz CT molecular complexity index is 740. The molecule has 0 bridgehead atoms. The molecule has 3 aromatic rings. The van der Waals surface area contributed by atoms with E-state index in [0.29, 0.717) is 0 Å². The van der Waals surface area contributed by atoms with Gasteiger partial charge in [0.15, 0.2) is 6.20 Å². The van der Waals surface area contributed by atoms with Gasteiger partial charge in [0.1, 0.15) is 5.69 Å². The zero-order valence-corrected chi connectivity index (χ0v) is 9.59. The maximum atomic E-state index is 4.51. The van der Waals surface area contributed by atoms with Gasteiger partial charge in [0, 0.05) is 6.07 Å². The highest BCUT2D eigenvalue weighted by Gasteiger charge is 2.29. The molecule has 0 saturated carbocycles. The first kappa shape index (κ1) is 8.93. The molecule has 0 radical (unpaired) electrons. The van der Waals surface area contributed by atoms with Crippen molar-refractivity contribution in [3.8, 4) is 11.4 Å². The van der Waals surface area contributed by atoms with Gasteiger partial charge >= 0.3 is 0 Å². The van der Waals surface area contributed by atoms with Gasteiger partial charge in [-0.05, 0) is 24.4 Å². The summed E-state index contributed by atoms with van der Waals surface area (Å²) in [5.41, 5.74) is 3.59. The van der Waals surface area contributed by atoms with Crippen LogP contribution < -0.4 is 4.57 Å². The number of hydrogen-bond acceptors (Lipinski definition) is 1. The fourth-order valence-electron chi connectivity index (χ4n) is 2.65. The largest absolute Gasteiger partial charge is 0.243 e. The smallest absolute Gasteiger partial charge is 0.198 e. The van der Waals surface area contributed by atoms with Crippen molar-refractivity contribution in [3.05, 3.63) is 48.3 Å². The number of aromatic nitrogens is 3. The number of rotatable bonds is 0. The van der Waals surface area contributed by atoms with Crippen LogP contribution in [0.25, 0.3) is 22.2 Å². The number of fused-ring (bicyclic) bond motifs is 5. The Hall–Kier alpha value is -2.16. The van der Waals surface area contributed by atoms with Crippen molar-refractivity contribution in [1.29, 1.82) is 0 Å². The first-order valence-corrected chi connectivity index (χ1v) is 5.79. The fraction of sp³-hybridized carbons (Fsp3) is 0.143. The van der Waals surface area contributed by atoms with E-state index in [1.54, 1.807) is 0 Å². The molecule has 4 rings (SSSR count). The maximum Gasteiger partial charge on any atom is 0.243 e. The van der Waals surface area contributed by atoms with E-state index in [-0.39, 0.29) is 0 Å². The normalized spacial score (nSPS) is 12.8. The Kier molecular flexibility index (Phi) is 1.55. The van der Waals surface area contributed by atoms with Crippen molar-refractivity contribution in [2.75, 3.05) is 0 Å². The van der Waals surface area contributed by atoms with E-state index < -0.39 is 0 Å². The number of aryl methyl sites for hydroxylation is 1. The topological polar surface area (TPSA) is 21.7 Å². The summed E-state index contributed by atoms with van der Waals surface area (Å²) in [5, 5.41) is 7.09. The molecule has 0 aliphatic carbocycles. The number of hydrogen-bond donors (Lipinski definition) is 0. The molecule has 0 fully saturated rings. The van der Waals surface area contributed by atoms with Crippen LogP contribution in [0.4, 0.5) is 0 Å². The average Bonchev–Trinajstić information content (AvgIpc) is 2.84. The highest BCUT2D eigenvalue weighted by Crippen LogP contribution is 2.28.